The van der Waals surface area contributed by atoms with Gasteiger partial charge in [0.1, 0.15) is 17.4 Å². The number of rotatable bonds is 6. The number of aryl methyl sites for hydroxylation is 1. The Kier molecular flexibility index (Phi) is 6.97. The van der Waals surface area contributed by atoms with Crippen molar-refractivity contribution < 1.29 is 40.7 Å². The van der Waals surface area contributed by atoms with Crippen molar-refractivity contribution in [3.05, 3.63) is 77.0 Å². The first-order valence-corrected chi connectivity index (χ1v) is 10.9. The number of ether oxygens (including phenoxy) is 1. The first-order valence-electron chi connectivity index (χ1n) is 10.9. The Morgan fingerprint density at radius 1 is 1.03 bits per heavy atom. The van der Waals surface area contributed by atoms with E-state index < -0.39 is 42.5 Å². The zero-order valence-electron chi connectivity index (χ0n) is 19.5. The number of halogens is 5. The molecule has 0 saturated carbocycles. The van der Waals surface area contributed by atoms with Gasteiger partial charge in [-0.15, -0.1) is 0 Å². The van der Waals surface area contributed by atoms with Crippen molar-refractivity contribution in [2.45, 2.75) is 19.0 Å². The van der Waals surface area contributed by atoms with E-state index in [1.54, 1.807) is 0 Å². The third-order valence-corrected chi connectivity index (χ3v) is 5.65. The number of hydrogen-bond acceptors (Lipinski definition) is 5. The summed E-state index contributed by atoms with van der Waals surface area (Å²) in [5, 5.41) is 2.55. The summed E-state index contributed by atoms with van der Waals surface area (Å²) in [6, 6.07) is 9.63. The normalized spacial score (nSPS) is 11.5. The molecule has 2 aromatic carbocycles. The molecule has 11 heteroatoms. The number of furan rings is 1. The van der Waals surface area contributed by atoms with E-state index in [4.69, 9.17) is 4.42 Å². The van der Waals surface area contributed by atoms with Gasteiger partial charge >= 0.3 is 12.1 Å². The second kappa shape index (κ2) is 10.00. The van der Waals surface area contributed by atoms with Crippen molar-refractivity contribution in [1.29, 1.82) is 0 Å². The average Bonchev–Trinajstić information content (AvgIpc) is 3.24. The van der Waals surface area contributed by atoms with Crippen LogP contribution in [0.25, 0.3) is 33.6 Å². The second-order valence-corrected chi connectivity index (χ2v) is 8.03. The Labute approximate surface area is 207 Å². The molecule has 0 saturated heterocycles. The van der Waals surface area contributed by atoms with Crippen LogP contribution in [-0.2, 0) is 11.2 Å². The lowest BCUT2D eigenvalue weighted by molar-refractivity contribution is -0.134. The lowest BCUT2D eigenvalue weighted by Gasteiger charge is -2.13. The highest BCUT2D eigenvalue weighted by atomic mass is 19.4. The van der Waals surface area contributed by atoms with Crippen molar-refractivity contribution in [2.24, 2.45) is 0 Å². The van der Waals surface area contributed by atoms with Gasteiger partial charge in [-0.25, -0.2) is 18.6 Å². The Morgan fingerprint density at radius 3 is 2.35 bits per heavy atom. The number of esters is 1. The molecule has 1 amide bonds. The van der Waals surface area contributed by atoms with E-state index in [0.717, 1.165) is 31.4 Å². The van der Waals surface area contributed by atoms with Gasteiger partial charge in [-0.3, -0.25) is 4.79 Å². The lowest BCUT2D eigenvalue weighted by atomic mass is 9.96. The number of carbonyl (C=O) groups excluding carboxylic acids is 2. The Morgan fingerprint density at radius 2 is 1.73 bits per heavy atom. The molecule has 0 fully saturated rings. The molecule has 4 aromatic rings. The number of nitrogens with zero attached hydrogens (tertiary/aromatic N) is 1. The summed E-state index contributed by atoms with van der Waals surface area (Å²) >= 11 is 0. The summed E-state index contributed by atoms with van der Waals surface area (Å²) in [6.07, 6.45) is -6.42. The predicted molar refractivity (Wildman–Crippen MR) is 124 cm³/mol. The fourth-order valence-corrected chi connectivity index (χ4v) is 3.87. The molecule has 0 aliphatic heterocycles. The monoisotopic (exact) mass is 518 g/mol. The number of aromatic nitrogens is 1. The summed E-state index contributed by atoms with van der Waals surface area (Å²) in [7, 11) is 2.49. The number of nitrogens with one attached hydrogen (secondary N) is 1. The van der Waals surface area contributed by atoms with Crippen LogP contribution in [-0.4, -0.2) is 37.2 Å². The minimum Gasteiger partial charge on any atom is -0.465 e. The Hall–Kier alpha value is -4.28. The quantitative estimate of drug-likeness (QED) is 0.247. The Balaban J connectivity index is 2.02. The first-order chi connectivity index (χ1) is 17.5. The first kappa shape index (κ1) is 25.8. The summed E-state index contributed by atoms with van der Waals surface area (Å²) in [6.45, 7) is 0. The van der Waals surface area contributed by atoms with Gasteiger partial charge in [0, 0.05) is 30.2 Å². The van der Waals surface area contributed by atoms with Crippen LogP contribution in [0.3, 0.4) is 0 Å². The fraction of sp³-hybridized carbons (Fsp3) is 0.192. The smallest absolute Gasteiger partial charge is 0.389 e. The van der Waals surface area contributed by atoms with E-state index in [1.807, 2.05) is 0 Å². The van der Waals surface area contributed by atoms with E-state index in [1.165, 1.54) is 31.3 Å². The second-order valence-electron chi connectivity index (χ2n) is 8.03. The van der Waals surface area contributed by atoms with Crippen LogP contribution >= 0.6 is 0 Å². The maximum absolute atomic E-state index is 15.0. The SMILES string of the molecule is CNC(=O)c1c(-c2ccc(F)cc2)oc2nc(CCC(F)(F)F)c(-c3cc(C(=O)OC)ccc3F)cc12. The molecule has 37 heavy (non-hydrogen) atoms. The van der Waals surface area contributed by atoms with E-state index in [9.17, 15) is 31.5 Å². The molecule has 0 atom stereocenters. The highest BCUT2D eigenvalue weighted by molar-refractivity contribution is 6.11. The number of alkyl halides is 3. The van der Waals surface area contributed by atoms with Crippen LogP contribution in [0.1, 0.15) is 32.8 Å². The molecular formula is C26H19F5N2O4. The maximum atomic E-state index is 15.0. The van der Waals surface area contributed by atoms with Crippen molar-refractivity contribution >= 4 is 23.0 Å². The number of hydrogen-bond donors (Lipinski definition) is 1. The maximum Gasteiger partial charge on any atom is 0.389 e. The molecule has 192 valence electrons. The molecule has 0 aliphatic rings. The molecule has 2 heterocycles. The summed E-state index contributed by atoms with van der Waals surface area (Å²) in [5.41, 5.74) is -0.332. The summed E-state index contributed by atoms with van der Waals surface area (Å²) in [5.74, 6) is -2.75. The topological polar surface area (TPSA) is 81.4 Å². The van der Waals surface area contributed by atoms with Gasteiger partial charge in [0.25, 0.3) is 5.91 Å². The van der Waals surface area contributed by atoms with Crippen molar-refractivity contribution in [3.8, 4) is 22.5 Å². The number of carbonyl (C=O) groups is 2. The number of amides is 1. The highest BCUT2D eigenvalue weighted by Crippen LogP contribution is 2.38. The zero-order chi connectivity index (χ0) is 26.9. The van der Waals surface area contributed by atoms with Crippen LogP contribution in [0.4, 0.5) is 22.0 Å². The van der Waals surface area contributed by atoms with Crippen LogP contribution in [0.2, 0.25) is 0 Å². The largest absolute Gasteiger partial charge is 0.465 e. The third kappa shape index (κ3) is 5.30. The Bertz CT molecular complexity index is 1490. The summed E-state index contributed by atoms with van der Waals surface area (Å²) in [4.78, 5) is 29.1. The molecule has 4 rings (SSSR count). The van der Waals surface area contributed by atoms with Gasteiger partial charge in [-0.05, 0) is 55.0 Å². The van der Waals surface area contributed by atoms with Crippen LogP contribution in [0.15, 0.2) is 52.9 Å². The van der Waals surface area contributed by atoms with Gasteiger partial charge in [0.15, 0.2) is 0 Å². The van der Waals surface area contributed by atoms with Gasteiger partial charge in [0.05, 0.1) is 29.3 Å². The molecule has 0 unspecified atom stereocenters. The van der Waals surface area contributed by atoms with Gasteiger partial charge in [0.2, 0.25) is 5.71 Å². The van der Waals surface area contributed by atoms with Crippen LogP contribution < -0.4 is 5.32 Å². The number of fused-ring (bicyclic) bond motifs is 1. The molecule has 6 nitrogen and oxygen atoms in total. The van der Waals surface area contributed by atoms with E-state index in [0.29, 0.717) is 5.56 Å². The van der Waals surface area contributed by atoms with Crippen molar-refractivity contribution in [1.82, 2.24) is 10.3 Å². The van der Waals surface area contributed by atoms with Gasteiger partial charge in [-0.1, -0.05) is 0 Å². The minimum absolute atomic E-state index is 0.00422. The van der Waals surface area contributed by atoms with Gasteiger partial charge in [-0.2, -0.15) is 13.2 Å². The number of methoxy groups -OCH3 is 1. The van der Waals surface area contributed by atoms with Crippen LogP contribution in [0.5, 0.6) is 0 Å². The van der Waals surface area contributed by atoms with Crippen LogP contribution in [0, 0.1) is 11.6 Å². The lowest BCUT2D eigenvalue weighted by Crippen LogP contribution is -2.18. The zero-order valence-corrected chi connectivity index (χ0v) is 19.5. The van der Waals surface area contributed by atoms with Crippen molar-refractivity contribution in [3.63, 3.8) is 0 Å². The highest BCUT2D eigenvalue weighted by Gasteiger charge is 2.30. The van der Waals surface area contributed by atoms with E-state index in [-0.39, 0.29) is 44.8 Å². The number of benzene rings is 2. The van der Waals surface area contributed by atoms with E-state index in [2.05, 4.69) is 15.0 Å². The molecule has 1 N–H and O–H groups in total. The third-order valence-electron chi connectivity index (χ3n) is 5.65. The number of pyridine rings is 1. The summed E-state index contributed by atoms with van der Waals surface area (Å²) < 4.78 is 78.2. The molecule has 0 spiro atoms. The standard InChI is InChI=1S/C26H19F5N2O4/c1-32-23(34)21-18-12-17(16-11-14(25(35)36-2)5-8-19(16)28)20(9-10-26(29,30)31)33-24(18)37-22(21)13-3-6-15(27)7-4-13/h3-8,11-12H,9-10H2,1-2H3,(H,32,34). The fourth-order valence-electron chi connectivity index (χ4n) is 3.87. The average molecular weight is 518 g/mol. The molecule has 0 aliphatic carbocycles. The molecule has 0 radical (unpaired) electrons. The van der Waals surface area contributed by atoms with Crippen molar-refractivity contribution in [2.75, 3.05) is 14.2 Å². The molecular weight excluding hydrogens is 499 g/mol. The predicted octanol–water partition coefficient (Wildman–Crippen LogP) is 6.08. The molecule has 0 bridgehead atoms. The minimum atomic E-state index is -4.53. The van der Waals surface area contributed by atoms with E-state index >= 15 is 0 Å². The van der Waals surface area contributed by atoms with Gasteiger partial charge < -0.3 is 14.5 Å². The molecule has 2 aromatic heterocycles.